The van der Waals surface area contributed by atoms with E-state index >= 15 is 0 Å². The van der Waals surface area contributed by atoms with Crippen molar-refractivity contribution in [2.24, 2.45) is 5.92 Å². The Hall–Kier alpha value is -3.52. The Morgan fingerprint density at radius 2 is 1.91 bits per heavy atom. The highest BCUT2D eigenvalue weighted by Gasteiger charge is 2.27. The Bertz CT molecular complexity index is 1280. The monoisotopic (exact) mass is 496 g/mol. The molecule has 0 unspecified atom stereocenters. The maximum Gasteiger partial charge on any atom is 0.271 e. The first-order valence-corrected chi connectivity index (χ1v) is 11.9. The van der Waals surface area contributed by atoms with Crippen LogP contribution in [-0.2, 0) is 11.3 Å². The summed E-state index contributed by atoms with van der Waals surface area (Å²) in [6.45, 7) is 3.59. The van der Waals surface area contributed by atoms with Crippen molar-refractivity contribution in [3.05, 3.63) is 75.0 Å². The van der Waals surface area contributed by atoms with Gasteiger partial charge in [-0.25, -0.2) is 0 Å². The number of benzene rings is 2. The van der Waals surface area contributed by atoms with Gasteiger partial charge in [-0.1, -0.05) is 23.7 Å². The van der Waals surface area contributed by atoms with Crippen molar-refractivity contribution in [2.75, 3.05) is 32.2 Å². The predicted octanol–water partition coefficient (Wildman–Crippen LogP) is 3.74. The van der Waals surface area contributed by atoms with Crippen molar-refractivity contribution in [3.63, 3.8) is 0 Å². The number of nitrogens with one attached hydrogen (secondary N) is 1. The summed E-state index contributed by atoms with van der Waals surface area (Å²) in [5.74, 6) is 1.73. The number of methoxy groups -OCH3 is 2. The summed E-state index contributed by atoms with van der Waals surface area (Å²) < 4.78 is 12.0. The van der Waals surface area contributed by atoms with Gasteiger partial charge in [-0.3, -0.25) is 9.59 Å². The Kier molecular flexibility index (Phi) is 7.60. The molecule has 1 N–H and O–H groups in total. The van der Waals surface area contributed by atoms with Gasteiger partial charge in [0.2, 0.25) is 5.91 Å². The van der Waals surface area contributed by atoms with Gasteiger partial charge in [0, 0.05) is 30.7 Å². The Balaban J connectivity index is 1.45. The molecule has 1 aliphatic heterocycles. The Morgan fingerprint density at radius 1 is 1.11 bits per heavy atom. The zero-order valence-electron chi connectivity index (χ0n) is 20.1. The van der Waals surface area contributed by atoms with E-state index in [2.05, 4.69) is 15.3 Å². The molecule has 1 aliphatic rings. The third-order valence-electron chi connectivity index (χ3n) is 6.22. The molecule has 8 nitrogen and oxygen atoms in total. The molecule has 1 atom stereocenters. The maximum absolute atomic E-state index is 13.0. The van der Waals surface area contributed by atoms with Crippen LogP contribution in [0.4, 0.5) is 5.82 Å². The van der Waals surface area contributed by atoms with E-state index in [1.54, 1.807) is 26.4 Å². The molecule has 184 valence electrons. The number of hydrogen-bond acceptors (Lipinski definition) is 6. The van der Waals surface area contributed by atoms with Crippen LogP contribution in [0.1, 0.15) is 24.0 Å². The van der Waals surface area contributed by atoms with Crippen LogP contribution in [-0.4, -0.2) is 43.0 Å². The molecule has 35 heavy (non-hydrogen) atoms. The zero-order chi connectivity index (χ0) is 24.9. The fourth-order valence-electron chi connectivity index (χ4n) is 4.19. The van der Waals surface area contributed by atoms with Crippen LogP contribution in [0.25, 0.3) is 5.69 Å². The first kappa shape index (κ1) is 24.6. The van der Waals surface area contributed by atoms with Crippen LogP contribution in [0, 0.1) is 12.8 Å². The highest BCUT2D eigenvalue weighted by Crippen LogP contribution is 2.28. The maximum atomic E-state index is 13.0. The van der Waals surface area contributed by atoms with Gasteiger partial charge in [0.05, 0.1) is 25.8 Å². The van der Waals surface area contributed by atoms with Crippen molar-refractivity contribution in [2.45, 2.75) is 26.3 Å². The summed E-state index contributed by atoms with van der Waals surface area (Å²) in [5, 5.41) is 8.18. The molecular formula is C26H29ClN4O4. The third-order valence-corrected chi connectivity index (χ3v) is 6.62. The second-order valence-electron chi connectivity index (χ2n) is 8.57. The molecule has 9 heteroatoms. The van der Waals surface area contributed by atoms with Crippen LogP contribution in [0.3, 0.4) is 0 Å². The van der Waals surface area contributed by atoms with Crippen LogP contribution in [0.15, 0.2) is 53.3 Å². The van der Waals surface area contributed by atoms with Crippen molar-refractivity contribution in [1.29, 1.82) is 0 Å². The summed E-state index contributed by atoms with van der Waals surface area (Å²) in [6.07, 6.45) is 1.65. The molecule has 0 saturated carbocycles. The number of nitrogens with zero attached hydrogens (tertiary/aromatic N) is 3. The van der Waals surface area contributed by atoms with Gasteiger partial charge >= 0.3 is 0 Å². The van der Waals surface area contributed by atoms with E-state index in [1.165, 1.54) is 10.7 Å². The third kappa shape index (κ3) is 5.59. The van der Waals surface area contributed by atoms with E-state index in [1.807, 2.05) is 37.3 Å². The van der Waals surface area contributed by atoms with Crippen molar-refractivity contribution >= 4 is 23.3 Å². The minimum absolute atomic E-state index is 0.0110. The lowest BCUT2D eigenvalue weighted by Crippen LogP contribution is -2.43. The lowest BCUT2D eigenvalue weighted by Gasteiger charge is -2.33. The number of hydrogen-bond donors (Lipinski definition) is 1. The fraction of sp³-hybridized carbons (Fsp3) is 0.346. The van der Waals surface area contributed by atoms with Crippen molar-refractivity contribution in [1.82, 2.24) is 15.1 Å². The van der Waals surface area contributed by atoms with Crippen LogP contribution in [0.2, 0.25) is 5.02 Å². The summed E-state index contributed by atoms with van der Waals surface area (Å²) in [6, 6.07) is 14.2. The van der Waals surface area contributed by atoms with Gasteiger partial charge in [-0.05, 0) is 61.2 Å². The fourth-order valence-corrected chi connectivity index (χ4v) is 4.37. The molecule has 0 aliphatic carbocycles. The van der Waals surface area contributed by atoms with Gasteiger partial charge in [0.1, 0.15) is 5.82 Å². The van der Waals surface area contributed by atoms with E-state index in [4.69, 9.17) is 21.1 Å². The topological polar surface area (TPSA) is 85.7 Å². The highest BCUT2D eigenvalue weighted by atomic mass is 35.5. The van der Waals surface area contributed by atoms with Crippen LogP contribution in [0.5, 0.6) is 11.5 Å². The minimum atomic E-state index is -0.241. The number of amides is 1. The first-order valence-electron chi connectivity index (χ1n) is 11.5. The van der Waals surface area contributed by atoms with Gasteiger partial charge in [0.15, 0.2) is 11.5 Å². The number of anilines is 1. The molecule has 2 heterocycles. The molecule has 4 rings (SSSR count). The van der Waals surface area contributed by atoms with Crippen molar-refractivity contribution < 1.29 is 14.3 Å². The van der Waals surface area contributed by atoms with E-state index in [0.717, 1.165) is 30.5 Å². The number of piperidine rings is 1. The second-order valence-corrected chi connectivity index (χ2v) is 8.97. The SMILES string of the molecule is COc1ccc(CNC(=O)[C@@H]2CCCN(c3ccc(=O)n(-c4ccc(C)c(Cl)c4)n3)C2)cc1OC. The number of ether oxygens (including phenoxy) is 2. The summed E-state index contributed by atoms with van der Waals surface area (Å²) in [7, 11) is 3.17. The number of carbonyl (C=O) groups is 1. The first-order chi connectivity index (χ1) is 16.9. The predicted molar refractivity (Wildman–Crippen MR) is 136 cm³/mol. The average Bonchev–Trinajstić information content (AvgIpc) is 2.89. The highest BCUT2D eigenvalue weighted by molar-refractivity contribution is 6.31. The molecule has 1 saturated heterocycles. The average molecular weight is 497 g/mol. The Labute approximate surface area is 209 Å². The quantitative estimate of drug-likeness (QED) is 0.536. The van der Waals surface area contributed by atoms with E-state index in [-0.39, 0.29) is 17.4 Å². The van der Waals surface area contributed by atoms with E-state index in [9.17, 15) is 9.59 Å². The van der Waals surface area contributed by atoms with Crippen LogP contribution >= 0.6 is 11.6 Å². The van der Waals surface area contributed by atoms with Crippen LogP contribution < -0.4 is 25.2 Å². The number of carbonyl (C=O) groups excluding carboxylic acids is 1. The second kappa shape index (κ2) is 10.8. The summed E-state index contributed by atoms with van der Waals surface area (Å²) in [5.41, 5.74) is 2.22. The number of aromatic nitrogens is 2. The molecule has 1 aromatic heterocycles. The van der Waals surface area contributed by atoms with Gasteiger partial charge in [-0.2, -0.15) is 4.68 Å². The van der Waals surface area contributed by atoms with Gasteiger partial charge < -0.3 is 19.7 Å². The number of halogens is 1. The standard InChI is InChI=1S/C26H29ClN4O4/c1-17-6-8-20(14-21(17)27)31-25(32)11-10-24(29-31)30-12-4-5-19(16-30)26(33)28-15-18-7-9-22(34-2)23(13-18)35-3/h6-11,13-14,19H,4-5,12,15-16H2,1-3H3,(H,28,33)/t19-/m1/s1. The zero-order valence-corrected chi connectivity index (χ0v) is 20.8. The molecule has 3 aromatic rings. The molecule has 0 bridgehead atoms. The van der Waals surface area contributed by atoms with Crippen molar-refractivity contribution in [3.8, 4) is 17.2 Å². The Morgan fingerprint density at radius 3 is 2.66 bits per heavy atom. The molecule has 1 fully saturated rings. The smallest absolute Gasteiger partial charge is 0.271 e. The minimum Gasteiger partial charge on any atom is -0.493 e. The van der Waals surface area contributed by atoms with E-state index in [0.29, 0.717) is 41.1 Å². The largest absolute Gasteiger partial charge is 0.493 e. The van der Waals surface area contributed by atoms with Gasteiger partial charge in [-0.15, -0.1) is 5.10 Å². The molecule has 0 radical (unpaired) electrons. The normalized spacial score (nSPS) is 15.5. The number of aryl methyl sites for hydroxylation is 1. The lowest BCUT2D eigenvalue weighted by molar-refractivity contribution is -0.125. The molecule has 2 aromatic carbocycles. The van der Waals surface area contributed by atoms with E-state index < -0.39 is 0 Å². The number of rotatable bonds is 7. The molecule has 0 spiro atoms. The molecule has 1 amide bonds. The lowest BCUT2D eigenvalue weighted by atomic mass is 9.97. The summed E-state index contributed by atoms with van der Waals surface area (Å²) >= 11 is 6.25. The summed E-state index contributed by atoms with van der Waals surface area (Å²) in [4.78, 5) is 27.5. The molecular weight excluding hydrogens is 468 g/mol. The van der Waals surface area contributed by atoms with Gasteiger partial charge in [0.25, 0.3) is 5.56 Å².